The molecular formula is C18H18N6. The maximum atomic E-state index is 4.61. The third kappa shape index (κ3) is 2.75. The van der Waals surface area contributed by atoms with Crippen LogP contribution in [0.5, 0.6) is 0 Å². The van der Waals surface area contributed by atoms with Crippen LogP contribution in [0.25, 0.3) is 11.0 Å². The summed E-state index contributed by atoms with van der Waals surface area (Å²) in [5, 5.41) is 6.72. The Morgan fingerprint density at radius 3 is 2.75 bits per heavy atom. The number of benzene rings is 1. The van der Waals surface area contributed by atoms with E-state index in [1.807, 2.05) is 0 Å². The topological polar surface area (TPSA) is 75.6 Å². The van der Waals surface area contributed by atoms with Gasteiger partial charge in [0.15, 0.2) is 5.82 Å². The smallest absolute Gasteiger partial charge is 0.223 e. The third-order valence-corrected chi connectivity index (χ3v) is 4.49. The van der Waals surface area contributed by atoms with Crippen molar-refractivity contribution >= 4 is 28.5 Å². The summed E-state index contributed by atoms with van der Waals surface area (Å²) in [6.07, 6.45) is 8.26. The molecule has 2 fully saturated rings. The number of hydrogen-bond donors (Lipinski definition) is 2. The van der Waals surface area contributed by atoms with Crippen LogP contribution < -0.4 is 10.6 Å². The van der Waals surface area contributed by atoms with E-state index in [0.717, 1.165) is 22.6 Å². The first-order valence-electron chi connectivity index (χ1n) is 8.46. The number of hydrogen-bond acceptors (Lipinski definition) is 6. The van der Waals surface area contributed by atoms with E-state index in [0.29, 0.717) is 17.8 Å². The first-order valence-corrected chi connectivity index (χ1v) is 8.46. The van der Waals surface area contributed by atoms with E-state index >= 15 is 0 Å². The number of fused-ring (bicyclic) bond motifs is 1. The maximum absolute atomic E-state index is 4.61. The zero-order valence-electron chi connectivity index (χ0n) is 13.2. The van der Waals surface area contributed by atoms with Crippen molar-refractivity contribution in [3.8, 4) is 0 Å². The molecule has 0 bridgehead atoms. The molecule has 2 aromatic heterocycles. The van der Waals surface area contributed by atoms with Crippen molar-refractivity contribution in [1.82, 2.24) is 19.9 Å². The highest BCUT2D eigenvalue weighted by atomic mass is 15.1. The van der Waals surface area contributed by atoms with Crippen LogP contribution in [0.2, 0.25) is 0 Å². The minimum atomic E-state index is 0.513. The van der Waals surface area contributed by atoms with Crippen molar-refractivity contribution in [1.29, 1.82) is 0 Å². The highest BCUT2D eigenvalue weighted by Crippen LogP contribution is 2.40. The van der Waals surface area contributed by atoms with E-state index < -0.39 is 0 Å². The zero-order chi connectivity index (χ0) is 15.9. The molecule has 2 aliphatic carbocycles. The number of nitrogens with one attached hydrogen (secondary N) is 2. The average Bonchev–Trinajstić information content (AvgIpc) is 3.50. The van der Waals surface area contributed by atoms with Gasteiger partial charge in [-0.1, -0.05) is 12.1 Å². The van der Waals surface area contributed by atoms with Gasteiger partial charge in [0.25, 0.3) is 0 Å². The van der Waals surface area contributed by atoms with Crippen LogP contribution in [-0.4, -0.2) is 26.0 Å². The summed E-state index contributed by atoms with van der Waals surface area (Å²) >= 11 is 0. The van der Waals surface area contributed by atoms with Gasteiger partial charge in [-0.2, -0.15) is 0 Å². The van der Waals surface area contributed by atoms with Crippen molar-refractivity contribution in [2.45, 2.75) is 37.6 Å². The summed E-state index contributed by atoms with van der Waals surface area (Å²) in [6, 6.07) is 9.06. The second-order valence-corrected chi connectivity index (χ2v) is 6.59. The van der Waals surface area contributed by atoms with E-state index in [-0.39, 0.29) is 0 Å². The maximum Gasteiger partial charge on any atom is 0.223 e. The van der Waals surface area contributed by atoms with Crippen molar-refractivity contribution in [3.05, 3.63) is 42.4 Å². The number of anilines is 3. The number of rotatable bonds is 5. The molecule has 0 saturated heterocycles. The molecule has 1 aromatic carbocycles. The fraction of sp³-hybridized carbons (Fsp3) is 0.333. The lowest BCUT2D eigenvalue weighted by molar-refractivity contribution is 1.06. The Labute approximate surface area is 139 Å². The minimum Gasteiger partial charge on any atom is -0.351 e. The molecule has 120 valence electrons. The molecule has 3 aromatic rings. The predicted molar refractivity (Wildman–Crippen MR) is 93.5 cm³/mol. The van der Waals surface area contributed by atoms with Gasteiger partial charge in [-0.05, 0) is 49.3 Å². The monoisotopic (exact) mass is 318 g/mol. The Morgan fingerprint density at radius 1 is 1.00 bits per heavy atom. The van der Waals surface area contributed by atoms with Crippen molar-refractivity contribution in [2.75, 3.05) is 10.6 Å². The third-order valence-electron chi connectivity index (χ3n) is 4.49. The van der Waals surface area contributed by atoms with E-state index in [4.69, 9.17) is 0 Å². The molecular weight excluding hydrogens is 300 g/mol. The van der Waals surface area contributed by atoms with E-state index in [2.05, 4.69) is 54.8 Å². The first kappa shape index (κ1) is 13.7. The van der Waals surface area contributed by atoms with Gasteiger partial charge in [0, 0.05) is 11.7 Å². The lowest BCUT2D eigenvalue weighted by Crippen LogP contribution is -2.06. The SMILES string of the molecule is c1cc(Nc2ncnc3cnc(NC4CC4)nc23)cc(C2CC2)c1. The Bertz CT molecular complexity index is 901. The van der Waals surface area contributed by atoms with Crippen LogP contribution in [0.4, 0.5) is 17.5 Å². The average molecular weight is 318 g/mol. The molecule has 2 aliphatic rings. The summed E-state index contributed by atoms with van der Waals surface area (Å²) in [7, 11) is 0. The Kier molecular flexibility index (Phi) is 3.07. The molecule has 0 aliphatic heterocycles. The number of aromatic nitrogens is 4. The standard InChI is InChI=1S/C18H18N6/c1-2-12(11-4-5-11)8-14(3-1)22-17-16-15(20-10-21-17)9-19-18(24-16)23-13-6-7-13/h1-3,8-11,13H,4-7H2,(H,19,23,24)(H,20,21,22). The first-order chi connectivity index (χ1) is 11.8. The van der Waals surface area contributed by atoms with Crippen LogP contribution in [0, 0.1) is 0 Å². The summed E-state index contributed by atoms with van der Waals surface area (Å²) < 4.78 is 0. The molecule has 24 heavy (non-hydrogen) atoms. The van der Waals surface area contributed by atoms with Crippen molar-refractivity contribution in [3.63, 3.8) is 0 Å². The molecule has 6 nitrogen and oxygen atoms in total. The van der Waals surface area contributed by atoms with Gasteiger partial charge in [-0.25, -0.2) is 19.9 Å². The van der Waals surface area contributed by atoms with E-state index in [1.54, 1.807) is 12.5 Å². The predicted octanol–water partition coefficient (Wildman–Crippen LogP) is 3.62. The molecule has 2 heterocycles. The normalized spacial score (nSPS) is 17.0. The highest BCUT2D eigenvalue weighted by molar-refractivity contribution is 5.87. The summed E-state index contributed by atoms with van der Waals surface area (Å²) in [6.45, 7) is 0. The summed E-state index contributed by atoms with van der Waals surface area (Å²) in [5.41, 5.74) is 3.92. The van der Waals surface area contributed by atoms with Crippen LogP contribution in [0.3, 0.4) is 0 Å². The van der Waals surface area contributed by atoms with Gasteiger partial charge in [-0.3, -0.25) is 0 Å². The van der Waals surface area contributed by atoms with Crippen LogP contribution in [0.1, 0.15) is 37.2 Å². The molecule has 2 N–H and O–H groups in total. The fourth-order valence-electron chi connectivity index (χ4n) is 2.85. The Morgan fingerprint density at radius 2 is 1.92 bits per heavy atom. The number of nitrogens with zero attached hydrogens (tertiary/aromatic N) is 4. The van der Waals surface area contributed by atoms with Gasteiger partial charge in [0.1, 0.15) is 17.4 Å². The van der Waals surface area contributed by atoms with Crippen molar-refractivity contribution in [2.24, 2.45) is 0 Å². The van der Waals surface area contributed by atoms with Crippen LogP contribution in [-0.2, 0) is 0 Å². The summed E-state index contributed by atoms with van der Waals surface area (Å²) in [5.74, 6) is 2.09. The van der Waals surface area contributed by atoms with Crippen LogP contribution in [0.15, 0.2) is 36.8 Å². The van der Waals surface area contributed by atoms with Crippen LogP contribution >= 0.6 is 0 Å². The van der Waals surface area contributed by atoms with E-state index in [1.165, 1.54) is 31.2 Å². The molecule has 0 amide bonds. The molecule has 5 rings (SSSR count). The van der Waals surface area contributed by atoms with Gasteiger partial charge < -0.3 is 10.6 Å². The fourth-order valence-corrected chi connectivity index (χ4v) is 2.85. The van der Waals surface area contributed by atoms with E-state index in [9.17, 15) is 0 Å². The quantitative estimate of drug-likeness (QED) is 0.748. The van der Waals surface area contributed by atoms with Gasteiger partial charge in [0.2, 0.25) is 5.95 Å². The second kappa shape index (κ2) is 5.40. The Hall–Kier alpha value is -2.76. The van der Waals surface area contributed by atoms with Gasteiger partial charge in [-0.15, -0.1) is 0 Å². The van der Waals surface area contributed by atoms with Crippen molar-refractivity contribution < 1.29 is 0 Å². The zero-order valence-corrected chi connectivity index (χ0v) is 13.2. The molecule has 0 unspecified atom stereocenters. The lowest BCUT2D eigenvalue weighted by atomic mass is 10.1. The molecule has 0 radical (unpaired) electrons. The Balaban J connectivity index is 1.49. The van der Waals surface area contributed by atoms with Gasteiger partial charge in [0.05, 0.1) is 6.20 Å². The molecule has 0 atom stereocenters. The van der Waals surface area contributed by atoms with Gasteiger partial charge >= 0.3 is 0 Å². The largest absolute Gasteiger partial charge is 0.351 e. The molecule has 6 heteroatoms. The molecule has 2 saturated carbocycles. The second-order valence-electron chi connectivity index (χ2n) is 6.59. The summed E-state index contributed by atoms with van der Waals surface area (Å²) in [4.78, 5) is 17.6. The lowest BCUT2D eigenvalue weighted by Gasteiger charge is -2.10. The minimum absolute atomic E-state index is 0.513. The highest BCUT2D eigenvalue weighted by Gasteiger charge is 2.24. The molecule has 0 spiro atoms.